The van der Waals surface area contributed by atoms with Gasteiger partial charge in [-0.2, -0.15) is 15.1 Å². The van der Waals surface area contributed by atoms with E-state index in [9.17, 15) is 4.79 Å². The van der Waals surface area contributed by atoms with Gasteiger partial charge in [-0.05, 0) is 67.4 Å². The molecule has 1 fully saturated rings. The highest BCUT2D eigenvalue weighted by Crippen LogP contribution is 2.39. The smallest absolute Gasteiger partial charge is 0.283 e. The first-order chi connectivity index (χ1) is 19.5. The van der Waals surface area contributed by atoms with E-state index in [-0.39, 0.29) is 24.6 Å². The predicted octanol–water partition coefficient (Wildman–Crippen LogP) is 6.40. The van der Waals surface area contributed by atoms with Crippen LogP contribution in [0, 0.1) is 11.3 Å². The number of hydrogen-bond donors (Lipinski definition) is 1. The summed E-state index contributed by atoms with van der Waals surface area (Å²) in [6, 6.07) is 10.7. The van der Waals surface area contributed by atoms with E-state index in [0.29, 0.717) is 51.3 Å². The zero-order valence-corrected chi connectivity index (χ0v) is 24.0. The van der Waals surface area contributed by atoms with Crippen LogP contribution in [-0.4, -0.2) is 53.9 Å². The van der Waals surface area contributed by atoms with Crippen molar-refractivity contribution in [2.45, 2.75) is 39.0 Å². The van der Waals surface area contributed by atoms with Crippen LogP contribution in [0.25, 0.3) is 6.08 Å². The average molecular weight is 583 g/mol. The zero-order chi connectivity index (χ0) is 28.1. The molecule has 210 valence electrons. The lowest BCUT2D eigenvalue weighted by Gasteiger charge is -2.20. The van der Waals surface area contributed by atoms with Crippen molar-refractivity contribution >= 4 is 51.4 Å². The quantitative estimate of drug-likeness (QED) is 0.255. The van der Waals surface area contributed by atoms with Gasteiger partial charge >= 0.3 is 0 Å². The van der Waals surface area contributed by atoms with Gasteiger partial charge < -0.3 is 18.9 Å². The van der Waals surface area contributed by atoms with Gasteiger partial charge in [0.2, 0.25) is 5.17 Å². The zero-order valence-electron chi connectivity index (χ0n) is 22.4. The molecule has 1 amide bonds. The number of rotatable bonds is 10. The summed E-state index contributed by atoms with van der Waals surface area (Å²) in [5.41, 5.74) is 0.723. The molecular weight excluding hydrogens is 552 g/mol. The number of ether oxygens (including phenoxy) is 4. The Hall–Kier alpha value is -3.50. The maximum atomic E-state index is 12.9. The monoisotopic (exact) mass is 582 g/mol. The molecule has 0 radical (unpaired) electrons. The number of nitrogens with zero attached hydrogens (tertiary/aromatic N) is 3. The van der Waals surface area contributed by atoms with E-state index in [1.54, 1.807) is 31.4 Å². The number of amides is 1. The van der Waals surface area contributed by atoms with E-state index < -0.39 is 5.91 Å². The van der Waals surface area contributed by atoms with Crippen LogP contribution < -0.4 is 18.9 Å². The SMILES string of the molecule is CCOc1cc(/C=C2/C(=N)N3N=C(C4CCCCC4)SC3=NC2=O)cc(Cl)c1OCCOc1cccc(OC)c1. The molecule has 0 bridgehead atoms. The molecule has 0 aromatic heterocycles. The molecule has 0 spiro atoms. The lowest BCUT2D eigenvalue weighted by molar-refractivity contribution is -0.114. The molecule has 2 aromatic rings. The summed E-state index contributed by atoms with van der Waals surface area (Å²) in [5.74, 6) is 2.06. The number of carbonyl (C=O) groups excluding carboxylic acids is 1. The van der Waals surface area contributed by atoms with Crippen LogP contribution >= 0.6 is 23.4 Å². The number of carbonyl (C=O) groups is 1. The van der Waals surface area contributed by atoms with Crippen LogP contribution in [0.5, 0.6) is 23.0 Å². The molecule has 40 heavy (non-hydrogen) atoms. The Morgan fingerprint density at radius 3 is 2.65 bits per heavy atom. The molecular formula is C29H31ClN4O5S. The molecule has 5 rings (SSSR count). The molecule has 3 aliphatic rings. The third-order valence-corrected chi connectivity index (χ3v) is 8.06. The van der Waals surface area contributed by atoms with Crippen LogP contribution in [0.2, 0.25) is 5.02 Å². The third kappa shape index (κ3) is 6.28. The fourth-order valence-electron chi connectivity index (χ4n) is 4.76. The van der Waals surface area contributed by atoms with E-state index in [0.717, 1.165) is 17.9 Å². The first-order valence-electron chi connectivity index (χ1n) is 13.3. The Balaban J connectivity index is 1.30. The average Bonchev–Trinajstić information content (AvgIpc) is 3.39. The highest BCUT2D eigenvalue weighted by atomic mass is 35.5. The number of methoxy groups -OCH3 is 1. The predicted molar refractivity (Wildman–Crippen MR) is 158 cm³/mol. The normalized spacial score (nSPS) is 18.4. The van der Waals surface area contributed by atoms with Crippen LogP contribution in [0.1, 0.15) is 44.6 Å². The number of thioether (sulfide) groups is 1. The number of nitrogens with one attached hydrogen (secondary N) is 1. The number of benzene rings is 2. The molecule has 0 atom stereocenters. The van der Waals surface area contributed by atoms with Gasteiger partial charge in [-0.25, -0.2) is 0 Å². The number of fused-ring (bicyclic) bond motifs is 1. The van der Waals surface area contributed by atoms with Crippen LogP contribution in [0.3, 0.4) is 0 Å². The topological polar surface area (TPSA) is 106 Å². The maximum absolute atomic E-state index is 12.9. The first-order valence-corrected chi connectivity index (χ1v) is 14.5. The third-order valence-electron chi connectivity index (χ3n) is 6.71. The molecule has 11 heteroatoms. The van der Waals surface area contributed by atoms with E-state index in [1.807, 2.05) is 25.1 Å². The standard InChI is InChI=1S/C29H31ClN4O5S/c1-3-37-24-16-18(15-23(30)25(24)39-13-12-38-21-11-7-10-20(17-21)36-2)14-22-26(31)34-29(32-27(22)35)40-28(33-34)19-8-5-4-6-9-19/h7,10-11,14-17,19,31H,3-6,8-9,12-13H2,1-2H3/b22-14-,31-26?. The first kappa shape index (κ1) is 28.0. The molecule has 1 aliphatic carbocycles. The van der Waals surface area contributed by atoms with E-state index in [4.69, 9.17) is 36.0 Å². The second-order valence-electron chi connectivity index (χ2n) is 9.43. The van der Waals surface area contributed by atoms with Crippen molar-refractivity contribution in [3.63, 3.8) is 0 Å². The van der Waals surface area contributed by atoms with Crippen molar-refractivity contribution in [3.8, 4) is 23.0 Å². The second kappa shape index (κ2) is 12.8. The maximum Gasteiger partial charge on any atom is 0.283 e. The van der Waals surface area contributed by atoms with E-state index in [1.165, 1.54) is 36.0 Å². The molecule has 2 aromatic carbocycles. The second-order valence-corrected chi connectivity index (χ2v) is 10.8. The number of amidine groups is 2. The molecule has 2 aliphatic heterocycles. The van der Waals surface area contributed by atoms with E-state index in [2.05, 4.69) is 10.1 Å². The Labute approximate surface area is 242 Å². The minimum absolute atomic E-state index is 0.00240. The lowest BCUT2D eigenvalue weighted by Crippen LogP contribution is -2.35. The molecule has 0 unspecified atom stereocenters. The number of hydrogen-bond acceptors (Lipinski definition) is 8. The fourth-order valence-corrected chi connectivity index (χ4v) is 6.09. The highest BCUT2D eigenvalue weighted by Gasteiger charge is 2.38. The van der Waals surface area contributed by atoms with Crippen LogP contribution in [0.4, 0.5) is 0 Å². The Bertz CT molecular complexity index is 1390. The summed E-state index contributed by atoms with van der Waals surface area (Å²) in [6.07, 6.45) is 7.35. The van der Waals surface area contributed by atoms with Gasteiger partial charge in [0.15, 0.2) is 17.3 Å². The summed E-state index contributed by atoms with van der Waals surface area (Å²) in [7, 11) is 1.60. The number of hydrazone groups is 1. The molecule has 1 saturated carbocycles. The van der Waals surface area contributed by atoms with Gasteiger partial charge in [-0.15, -0.1) is 0 Å². The fraction of sp³-hybridized carbons (Fsp3) is 0.379. The van der Waals surface area contributed by atoms with Gasteiger partial charge in [0.05, 0.1) is 24.3 Å². The molecule has 9 nitrogen and oxygen atoms in total. The van der Waals surface area contributed by atoms with Crippen molar-refractivity contribution in [1.82, 2.24) is 5.01 Å². The van der Waals surface area contributed by atoms with Gasteiger partial charge in [0.1, 0.15) is 29.8 Å². The highest BCUT2D eigenvalue weighted by molar-refractivity contribution is 8.27. The number of aliphatic imine (C=N–C) groups is 1. The molecule has 1 N–H and O–H groups in total. The van der Waals surface area contributed by atoms with Crippen molar-refractivity contribution in [3.05, 3.63) is 52.6 Å². The van der Waals surface area contributed by atoms with Crippen LogP contribution in [0.15, 0.2) is 52.1 Å². The largest absolute Gasteiger partial charge is 0.497 e. The number of halogens is 1. The minimum Gasteiger partial charge on any atom is -0.497 e. The summed E-state index contributed by atoms with van der Waals surface area (Å²) in [5, 5.41) is 16.6. The van der Waals surface area contributed by atoms with Gasteiger partial charge in [0, 0.05) is 12.0 Å². The van der Waals surface area contributed by atoms with Crippen molar-refractivity contribution in [2.75, 3.05) is 26.9 Å². The molecule has 0 saturated heterocycles. The van der Waals surface area contributed by atoms with Crippen molar-refractivity contribution in [1.29, 1.82) is 5.41 Å². The summed E-state index contributed by atoms with van der Waals surface area (Å²) >= 11 is 8.00. The summed E-state index contributed by atoms with van der Waals surface area (Å²) < 4.78 is 22.7. The van der Waals surface area contributed by atoms with E-state index >= 15 is 0 Å². The Morgan fingerprint density at radius 2 is 1.88 bits per heavy atom. The molecule has 2 heterocycles. The summed E-state index contributed by atoms with van der Waals surface area (Å²) in [6.45, 7) is 2.76. The van der Waals surface area contributed by atoms with Crippen molar-refractivity contribution < 1.29 is 23.7 Å². The minimum atomic E-state index is -0.479. The summed E-state index contributed by atoms with van der Waals surface area (Å²) in [4.78, 5) is 17.2. The van der Waals surface area contributed by atoms with Gasteiger partial charge in [0.25, 0.3) is 5.91 Å². The Kier molecular flexibility index (Phi) is 8.96. The van der Waals surface area contributed by atoms with Gasteiger partial charge in [-0.1, -0.05) is 36.9 Å². The Morgan fingerprint density at radius 1 is 1.10 bits per heavy atom. The van der Waals surface area contributed by atoms with Crippen LogP contribution in [-0.2, 0) is 4.79 Å². The lowest BCUT2D eigenvalue weighted by atomic mass is 9.90. The van der Waals surface area contributed by atoms with Gasteiger partial charge in [-0.3, -0.25) is 10.2 Å². The van der Waals surface area contributed by atoms with Crippen molar-refractivity contribution in [2.24, 2.45) is 16.0 Å².